The number of nitrogens with zero attached hydrogens (tertiary/aromatic N) is 1. The summed E-state index contributed by atoms with van der Waals surface area (Å²) in [6, 6.07) is 23.9. The Balaban J connectivity index is 1.76. The molecule has 0 amide bonds. The van der Waals surface area contributed by atoms with Crippen molar-refractivity contribution in [3.05, 3.63) is 130 Å². The number of benzene rings is 3. The number of dihydropyridines is 1. The van der Waals surface area contributed by atoms with Crippen LogP contribution in [0, 0.1) is 0 Å². The third-order valence-electron chi connectivity index (χ3n) is 7.25. The Kier molecular flexibility index (Phi) is 10.1. The molecule has 0 bridgehead atoms. The van der Waals surface area contributed by atoms with E-state index in [0.717, 1.165) is 17.2 Å². The highest BCUT2D eigenvalue weighted by Gasteiger charge is 2.43. The summed E-state index contributed by atoms with van der Waals surface area (Å²) < 4.78 is 54.2. The van der Waals surface area contributed by atoms with Crippen molar-refractivity contribution in [2.75, 3.05) is 20.2 Å². The SMILES string of the molecule is CCOC(=O)C1=C(C)NC(C)=C(C(=O)OC(CN(C)Cc2ccccc2)c2ccccc2)C1c1ccccc1C(F)(F)F. The van der Waals surface area contributed by atoms with Gasteiger partial charge in [0.05, 0.1) is 29.2 Å². The molecule has 6 nitrogen and oxygen atoms in total. The van der Waals surface area contributed by atoms with Gasteiger partial charge in [0.2, 0.25) is 0 Å². The number of carbonyl (C=O) groups excluding carboxylic acids is 2. The number of nitrogens with one attached hydrogen (secondary N) is 1. The molecule has 3 aromatic rings. The second-order valence-corrected chi connectivity index (χ2v) is 10.4. The average Bonchev–Trinajstić information content (AvgIpc) is 2.97. The van der Waals surface area contributed by atoms with Crippen molar-refractivity contribution in [1.82, 2.24) is 10.2 Å². The first-order valence-electron chi connectivity index (χ1n) is 14.0. The lowest BCUT2D eigenvalue weighted by atomic mass is 9.78. The summed E-state index contributed by atoms with van der Waals surface area (Å²) in [6.07, 6.45) is -5.48. The Morgan fingerprint density at radius 3 is 2.02 bits per heavy atom. The molecule has 4 rings (SSSR count). The Bertz CT molecular complexity index is 1500. The number of alkyl halides is 3. The lowest BCUT2D eigenvalue weighted by Gasteiger charge is -2.33. The molecular formula is C34H35F3N2O4. The molecule has 3 aromatic carbocycles. The minimum atomic E-state index is -4.73. The molecule has 9 heteroatoms. The standard InChI is InChI=1S/C34H35F3N2O4/c1-5-42-32(40)29-22(2)38-23(3)30(31(29)26-18-12-13-19-27(26)34(35,36)37)33(41)43-28(25-16-10-7-11-17-25)21-39(4)20-24-14-8-6-9-15-24/h6-19,28,31,38H,5,20-21H2,1-4H3. The second kappa shape index (κ2) is 13.7. The second-order valence-electron chi connectivity index (χ2n) is 10.4. The molecule has 0 radical (unpaired) electrons. The van der Waals surface area contributed by atoms with Gasteiger partial charge in [-0.25, -0.2) is 9.59 Å². The zero-order chi connectivity index (χ0) is 31.1. The normalized spacial score (nSPS) is 16.1. The smallest absolute Gasteiger partial charge is 0.416 e. The zero-order valence-corrected chi connectivity index (χ0v) is 24.6. The molecular weight excluding hydrogens is 557 g/mol. The number of hydrogen-bond donors (Lipinski definition) is 1. The molecule has 43 heavy (non-hydrogen) atoms. The molecule has 1 aliphatic heterocycles. The van der Waals surface area contributed by atoms with Gasteiger partial charge in [0, 0.05) is 24.5 Å². The van der Waals surface area contributed by atoms with Gasteiger partial charge in [0.15, 0.2) is 0 Å². The lowest BCUT2D eigenvalue weighted by Crippen LogP contribution is -2.35. The van der Waals surface area contributed by atoms with Crippen LogP contribution >= 0.6 is 0 Å². The summed E-state index contributed by atoms with van der Waals surface area (Å²) in [7, 11) is 1.90. The van der Waals surface area contributed by atoms with Crippen LogP contribution in [0.2, 0.25) is 0 Å². The van der Waals surface area contributed by atoms with E-state index in [-0.39, 0.29) is 23.3 Å². The molecule has 1 heterocycles. The van der Waals surface area contributed by atoms with Crippen molar-refractivity contribution in [2.24, 2.45) is 0 Å². The largest absolute Gasteiger partial charge is 0.463 e. The van der Waals surface area contributed by atoms with Gasteiger partial charge < -0.3 is 14.8 Å². The maximum atomic E-state index is 14.3. The Labute approximate surface area is 249 Å². The fraction of sp³-hybridized carbons (Fsp3) is 0.294. The predicted octanol–water partition coefficient (Wildman–Crippen LogP) is 6.92. The van der Waals surface area contributed by atoms with Crippen LogP contribution in [0.5, 0.6) is 0 Å². The summed E-state index contributed by atoms with van der Waals surface area (Å²) in [5.41, 5.74) is 1.05. The van der Waals surface area contributed by atoms with E-state index in [1.165, 1.54) is 18.2 Å². The molecule has 0 aromatic heterocycles. The number of halogens is 3. The van der Waals surface area contributed by atoms with Crippen molar-refractivity contribution < 1.29 is 32.2 Å². The summed E-state index contributed by atoms with van der Waals surface area (Å²) in [5, 5.41) is 3.01. The van der Waals surface area contributed by atoms with Gasteiger partial charge in [-0.2, -0.15) is 13.2 Å². The third kappa shape index (κ3) is 7.53. The van der Waals surface area contributed by atoms with Crippen molar-refractivity contribution in [3.63, 3.8) is 0 Å². The highest BCUT2D eigenvalue weighted by Crippen LogP contribution is 2.44. The number of rotatable bonds is 10. The van der Waals surface area contributed by atoms with E-state index in [2.05, 4.69) is 5.32 Å². The van der Waals surface area contributed by atoms with Crippen LogP contribution in [0.15, 0.2) is 107 Å². The first-order chi connectivity index (χ1) is 20.5. The van der Waals surface area contributed by atoms with Crippen molar-refractivity contribution in [2.45, 2.75) is 45.5 Å². The van der Waals surface area contributed by atoms with E-state index in [0.29, 0.717) is 24.5 Å². The quantitative estimate of drug-likeness (QED) is 0.258. The minimum absolute atomic E-state index is 0.00948. The van der Waals surface area contributed by atoms with E-state index in [1.54, 1.807) is 20.8 Å². The molecule has 0 saturated carbocycles. The minimum Gasteiger partial charge on any atom is -0.463 e. The number of allylic oxidation sites excluding steroid dienone is 2. The first-order valence-corrected chi connectivity index (χ1v) is 14.0. The van der Waals surface area contributed by atoms with Gasteiger partial charge in [-0.1, -0.05) is 78.9 Å². The fourth-order valence-electron chi connectivity index (χ4n) is 5.38. The highest BCUT2D eigenvalue weighted by atomic mass is 19.4. The number of esters is 2. The van der Waals surface area contributed by atoms with Crippen LogP contribution in [-0.2, 0) is 31.8 Å². The van der Waals surface area contributed by atoms with Gasteiger partial charge in [-0.05, 0) is 50.6 Å². The molecule has 2 atom stereocenters. The predicted molar refractivity (Wildman–Crippen MR) is 157 cm³/mol. The summed E-state index contributed by atoms with van der Waals surface area (Å²) in [4.78, 5) is 29.3. The van der Waals surface area contributed by atoms with Crippen molar-refractivity contribution in [3.8, 4) is 0 Å². The van der Waals surface area contributed by atoms with E-state index < -0.39 is 35.7 Å². The molecule has 0 aliphatic carbocycles. The molecule has 0 spiro atoms. The molecule has 0 fully saturated rings. The topological polar surface area (TPSA) is 67.9 Å². The van der Waals surface area contributed by atoms with Gasteiger partial charge in [-0.3, -0.25) is 4.90 Å². The molecule has 1 N–H and O–H groups in total. The van der Waals surface area contributed by atoms with Crippen molar-refractivity contribution >= 4 is 11.9 Å². The van der Waals surface area contributed by atoms with Gasteiger partial charge in [0.25, 0.3) is 0 Å². The summed E-state index contributed by atoms with van der Waals surface area (Å²) >= 11 is 0. The maximum Gasteiger partial charge on any atom is 0.416 e. The summed E-state index contributed by atoms with van der Waals surface area (Å²) in [6.45, 7) is 5.68. The van der Waals surface area contributed by atoms with Gasteiger partial charge in [0.1, 0.15) is 6.10 Å². The number of ether oxygens (including phenoxy) is 2. The number of hydrogen-bond acceptors (Lipinski definition) is 6. The summed E-state index contributed by atoms with van der Waals surface area (Å²) in [5.74, 6) is -3.01. The van der Waals surface area contributed by atoms with Crippen LogP contribution in [0.3, 0.4) is 0 Å². The molecule has 226 valence electrons. The maximum absolute atomic E-state index is 14.3. The molecule has 1 aliphatic rings. The van der Waals surface area contributed by atoms with E-state index in [9.17, 15) is 22.8 Å². The molecule has 0 saturated heterocycles. The number of likely N-dealkylation sites (N-methyl/N-ethyl adjacent to an activating group) is 1. The highest BCUT2D eigenvalue weighted by molar-refractivity contribution is 6.00. The fourth-order valence-corrected chi connectivity index (χ4v) is 5.38. The van der Waals surface area contributed by atoms with Crippen LogP contribution in [0.25, 0.3) is 0 Å². The average molecular weight is 593 g/mol. The Morgan fingerprint density at radius 1 is 0.860 bits per heavy atom. The number of carbonyl (C=O) groups is 2. The van der Waals surface area contributed by atoms with Crippen LogP contribution in [0.4, 0.5) is 13.2 Å². The third-order valence-corrected chi connectivity index (χ3v) is 7.25. The Morgan fingerprint density at radius 2 is 1.42 bits per heavy atom. The zero-order valence-electron chi connectivity index (χ0n) is 24.6. The molecule has 2 unspecified atom stereocenters. The monoisotopic (exact) mass is 592 g/mol. The van der Waals surface area contributed by atoms with E-state index in [4.69, 9.17) is 9.47 Å². The van der Waals surface area contributed by atoms with Crippen LogP contribution < -0.4 is 5.32 Å². The Hall–Kier alpha value is -4.37. The first kappa shape index (κ1) is 31.6. The van der Waals surface area contributed by atoms with Gasteiger partial charge in [-0.15, -0.1) is 0 Å². The van der Waals surface area contributed by atoms with Crippen molar-refractivity contribution in [1.29, 1.82) is 0 Å². The van der Waals surface area contributed by atoms with E-state index >= 15 is 0 Å². The lowest BCUT2D eigenvalue weighted by molar-refractivity contribution is -0.146. The van der Waals surface area contributed by atoms with Crippen LogP contribution in [-0.4, -0.2) is 37.0 Å². The van der Waals surface area contributed by atoms with Gasteiger partial charge >= 0.3 is 18.1 Å². The van der Waals surface area contributed by atoms with E-state index in [1.807, 2.05) is 72.6 Å². The van der Waals surface area contributed by atoms with Crippen LogP contribution in [0.1, 0.15) is 55.0 Å².